The Morgan fingerprint density at radius 1 is 1.21 bits per heavy atom. The molecule has 0 unspecified atom stereocenters. The SMILES string of the molecule is O=C(c1cccc(C(F)(F)F)c1)c1ccncc1Cl. The van der Waals surface area contributed by atoms with Crippen LogP contribution in [-0.2, 0) is 6.18 Å². The molecule has 0 aliphatic heterocycles. The van der Waals surface area contributed by atoms with Crippen LogP contribution in [0.4, 0.5) is 13.2 Å². The number of benzene rings is 1. The van der Waals surface area contributed by atoms with Crippen molar-refractivity contribution in [3.05, 3.63) is 64.4 Å². The van der Waals surface area contributed by atoms with E-state index in [1.165, 1.54) is 30.6 Å². The molecule has 2 aromatic rings. The second-order valence-corrected chi connectivity index (χ2v) is 4.17. The molecule has 98 valence electrons. The summed E-state index contributed by atoms with van der Waals surface area (Å²) >= 11 is 5.79. The molecule has 0 atom stereocenters. The molecular formula is C13H7ClF3NO. The van der Waals surface area contributed by atoms with Gasteiger partial charge in [0.05, 0.1) is 10.6 Å². The van der Waals surface area contributed by atoms with Crippen LogP contribution in [-0.4, -0.2) is 10.8 Å². The number of aromatic nitrogens is 1. The maximum absolute atomic E-state index is 12.6. The van der Waals surface area contributed by atoms with Crippen LogP contribution in [0.5, 0.6) is 0 Å². The summed E-state index contributed by atoms with van der Waals surface area (Å²) in [6, 6.07) is 5.58. The van der Waals surface area contributed by atoms with E-state index in [9.17, 15) is 18.0 Å². The molecule has 6 heteroatoms. The Kier molecular flexibility index (Phi) is 3.57. The fourth-order valence-corrected chi connectivity index (χ4v) is 1.76. The monoisotopic (exact) mass is 285 g/mol. The van der Waals surface area contributed by atoms with Crippen LogP contribution in [0.25, 0.3) is 0 Å². The zero-order chi connectivity index (χ0) is 14.0. The number of pyridine rings is 1. The molecular weight excluding hydrogens is 279 g/mol. The van der Waals surface area contributed by atoms with Gasteiger partial charge in [-0.1, -0.05) is 23.7 Å². The van der Waals surface area contributed by atoms with Crippen LogP contribution in [0.1, 0.15) is 21.5 Å². The number of alkyl halides is 3. The molecule has 0 amide bonds. The average Bonchev–Trinajstić information content (AvgIpc) is 2.38. The van der Waals surface area contributed by atoms with Crippen LogP contribution in [0.3, 0.4) is 0 Å². The van der Waals surface area contributed by atoms with Crippen LogP contribution in [0.2, 0.25) is 5.02 Å². The fraction of sp³-hybridized carbons (Fsp3) is 0.0769. The molecule has 2 rings (SSSR count). The number of halogens is 4. The number of rotatable bonds is 2. The summed E-state index contributed by atoms with van der Waals surface area (Å²) in [5, 5.41) is 0.102. The summed E-state index contributed by atoms with van der Waals surface area (Å²) < 4.78 is 37.7. The molecule has 1 aromatic carbocycles. The van der Waals surface area contributed by atoms with Crippen molar-refractivity contribution in [1.29, 1.82) is 0 Å². The Morgan fingerprint density at radius 2 is 1.95 bits per heavy atom. The maximum atomic E-state index is 12.6. The van der Waals surface area contributed by atoms with Crippen molar-refractivity contribution in [3.8, 4) is 0 Å². The molecule has 0 N–H and O–H groups in total. The highest BCUT2D eigenvalue weighted by atomic mass is 35.5. The summed E-state index contributed by atoms with van der Waals surface area (Å²) in [7, 11) is 0. The lowest BCUT2D eigenvalue weighted by Gasteiger charge is -2.08. The highest BCUT2D eigenvalue weighted by Crippen LogP contribution is 2.30. The van der Waals surface area contributed by atoms with Gasteiger partial charge in [0.15, 0.2) is 5.78 Å². The van der Waals surface area contributed by atoms with E-state index in [0.29, 0.717) is 0 Å². The predicted octanol–water partition coefficient (Wildman–Crippen LogP) is 3.98. The maximum Gasteiger partial charge on any atom is 0.416 e. The molecule has 2 nitrogen and oxygen atoms in total. The van der Waals surface area contributed by atoms with Gasteiger partial charge in [0.25, 0.3) is 0 Å². The first-order valence-electron chi connectivity index (χ1n) is 5.21. The highest BCUT2D eigenvalue weighted by Gasteiger charge is 2.31. The van der Waals surface area contributed by atoms with Gasteiger partial charge in [0.1, 0.15) is 0 Å². The van der Waals surface area contributed by atoms with Gasteiger partial charge >= 0.3 is 6.18 Å². The van der Waals surface area contributed by atoms with Crippen LogP contribution in [0, 0.1) is 0 Å². The lowest BCUT2D eigenvalue weighted by molar-refractivity contribution is -0.137. The molecule has 0 aliphatic carbocycles. The van der Waals surface area contributed by atoms with Gasteiger partial charge in [0, 0.05) is 23.5 Å². The van der Waals surface area contributed by atoms with Crippen molar-refractivity contribution in [2.75, 3.05) is 0 Å². The lowest BCUT2D eigenvalue weighted by atomic mass is 10.0. The first kappa shape index (κ1) is 13.5. The molecule has 0 bridgehead atoms. The van der Waals surface area contributed by atoms with E-state index in [4.69, 9.17) is 11.6 Å². The van der Waals surface area contributed by atoms with E-state index in [1.54, 1.807) is 0 Å². The topological polar surface area (TPSA) is 30.0 Å². The molecule has 1 aromatic heterocycles. The standard InChI is InChI=1S/C13H7ClF3NO/c14-11-7-18-5-4-10(11)12(19)8-2-1-3-9(6-8)13(15,16)17/h1-7H. The van der Waals surface area contributed by atoms with Gasteiger partial charge < -0.3 is 0 Å². The number of ketones is 1. The van der Waals surface area contributed by atoms with E-state index in [2.05, 4.69) is 4.98 Å². The number of carbonyl (C=O) groups excluding carboxylic acids is 1. The number of nitrogens with zero attached hydrogens (tertiary/aromatic N) is 1. The van der Waals surface area contributed by atoms with Gasteiger partial charge in [0.2, 0.25) is 0 Å². The van der Waals surface area contributed by atoms with Crippen molar-refractivity contribution in [2.24, 2.45) is 0 Å². The third-order valence-corrected chi connectivity index (χ3v) is 2.77. The Labute approximate surface area is 111 Å². The zero-order valence-corrected chi connectivity index (χ0v) is 10.2. The number of carbonyl (C=O) groups is 1. The second kappa shape index (κ2) is 5.01. The third-order valence-electron chi connectivity index (χ3n) is 2.47. The van der Waals surface area contributed by atoms with Crippen molar-refractivity contribution < 1.29 is 18.0 Å². The molecule has 0 radical (unpaired) electrons. The van der Waals surface area contributed by atoms with Crippen LogP contribution < -0.4 is 0 Å². The predicted molar refractivity (Wildman–Crippen MR) is 64.1 cm³/mol. The van der Waals surface area contributed by atoms with E-state index < -0.39 is 17.5 Å². The van der Waals surface area contributed by atoms with Crippen molar-refractivity contribution in [1.82, 2.24) is 4.98 Å². The van der Waals surface area contributed by atoms with Crippen molar-refractivity contribution >= 4 is 17.4 Å². The summed E-state index contributed by atoms with van der Waals surface area (Å²) in [4.78, 5) is 15.8. The Hall–Kier alpha value is -1.88. The first-order chi connectivity index (χ1) is 8.89. The second-order valence-electron chi connectivity index (χ2n) is 3.76. The smallest absolute Gasteiger partial charge is 0.289 e. The minimum Gasteiger partial charge on any atom is -0.289 e. The van der Waals surface area contributed by atoms with E-state index in [0.717, 1.165) is 12.1 Å². The van der Waals surface area contributed by atoms with Gasteiger partial charge in [-0.15, -0.1) is 0 Å². The minimum absolute atomic E-state index is 0.0667. The minimum atomic E-state index is -4.49. The summed E-state index contributed by atoms with van der Waals surface area (Å²) in [6.45, 7) is 0. The van der Waals surface area contributed by atoms with Crippen molar-refractivity contribution in [3.63, 3.8) is 0 Å². The van der Waals surface area contributed by atoms with E-state index in [1.807, 2.05) is 0 Å². The fourth-order valence-electron chi connectivity index (χ4n) is 1.55. The summed E-state index contributed by atoms with van der Waals surface area (Å²) in [6.07, 6.45) is -1.87. The molecule has 0 saturated heterocycles. The number of hydrogen-bond donors (Lipinski definition) is 0. The molecule has 19 heavy (non-hydrogen) atoms. The van der Waals surface area contributed by atoms with Gasteiger partial charge in [-0.05, 0) is 18.2 Å². The van der Waals surface area contributed by atoms with Crippen LogP contribution in [0.15, 0.2) is 42.7 Å². The molecule has 0 spiro atoms. The van der Waals surface area contributed by atoms with Crippen molar-refractivity contribution in [2.45, 2.75) is 6.18 Å². The van der Waals surface area contributed by atoms with Gasteiger partial charge in [-0.3, -0.25) is 9.78 Å². The summed E-state index contributed by atoms with van der Waals surface area (Å²) in [5.74, 6) is -0.571. The molecule has 0 fully saturated rings. The first-order valence-corrected chi connectivity index (χ1v) is 5.59. The molecule has 1 heterocycles. The third kappa shape index (κ3) is 2.93. The largest absolute Gasteiger partial charge is 0.416 e. The van der Waals surface area contributed by atoms with Gasteiger partial charge in [-0.2, -0.15) is 13.2 Å². The zero-order valence-electron chi connectivity index (χ0n) is 9.41. The Morgan fingerprint density at radius 3 is 2.58 bits per heavy atom. The summed E-state index contributed by atoms with van der Waals surface area (Å²) in [5.41, 5.74) is -0.817. The average molecular weight is 286 g/mol. The lowest BCUT2D eigenvalue weighted by Crippen LogP contribution is -2.08. The van der Waals surface area contributed by atoms with Crippen LogP contribution >= 0.6 is 11.6 Å². The molecule has 0 aliphatic rings. The number of hydrogen-bond acceptors (Lipinski definition) is 2. The normalized spacial score (nSPS) is 11.4. The van der Waals surface area contributed by atoms with E-state index >= 15 is 0 Å². The van der Waals surface area contributed by atoms with E-state index in [-0.39, 0.29) is 16.1 Å². The van der Waals surface area contributed by atoms with Gasteiger partial charge in [-0.25, -0.2) is 0 Å². The molecule has 0 saturated carbocycles. The Bertz CT molecular complexity index is 625. The quantitative estimate of drug-likeness (QED) is 0.781. The Balaban J connectivity index is 2.43. The highest BCUT2D eigenvalue weighted by molar-refractivity contribution is 6.34.